The fraction of sp³-hybridized carbons (Fsp3) is 0.571. The molecule has 1 aliphatic carbocycles. The molecule has 1 fully saturated rings. The van der Waals surface area contributed by atoms with Crippen LogP contribution in [0.1, 0.15) is 32.6 Å². The van der Waals surface area contributed by atoms with Crippen molar-refractivity contribution in [3.05, 3.63) is 23.2 Å². The van der Waals surface area contributed by atoms with Crippen LogP contribution in [0.5, 0.6) is 5.75 Å². The molecule has 3 rings (SSSR count). The second kappa shape index (κ2) is 4.41. The SMILES string of the molecule is CCC1CCC2Oc3c(Cl)cccc3NC2C1. The molecule has 0 aromatic heterocycles. The van der Waals surface area contributed by atoms with Crippen LogP contribution in [0.2, 0.25) is 5.02 Å². The minimum Gasteiger partial charge on any atom is -0.485 e. The second-order valence-electron chi connectivity index (χ2n) is 5.11. The first-order valence-corrected chi connectivity index (χ1v) is 6.87. The maximum Gasteiger partial charge on any atom is 0.161 e. The molecule has 3 unspecified atom stereocenters. The summed E-state index contributed by atoms with van der Waals surface area (Å²) in [5.74, 6) is 1.68. The van der Waals surface area contributed by atoms with Crippen molar-refractivity contribution in [1.29, 1.82) is 0 Å². The van der Waals surface area contributed by atoms with E-state index in [1.807, 2.05) is 18.2 Å². The molecule has 2 nitrogen and oxygen atoms in total. The van der Waals surface area contributed by atoms with E-state index in [1.54, 1.807) is 0 Å². The Morgan fingerprint density at radius 2 is 2.29 bits per heavy atom. The maximum absolute atomic E-state index is 6.16. The van der Waals surface area contributed by atoms with Gasteiger partial charge in [-0.3, -0.25) is 0 Å². The van der Waals surface area contributed by atoms with Crippen LogP contribution < -0.4 is 10.1 Å². The van der Waals surface area contributed by atoms with Crippen molar-refractivity contribution in [2.45, 2.75) is 44.8 Å². The third-order valence-electron chi connectivity index (χ3n) is 4.05. The standard InChI is InChI=1S/C14H18ClNO/c1-2-9-6-7-13-12(8-9)16-11-5-3-4-10(15)14(11)17-13/h3-5,9,12-13,16H,2,6-8H2,1H3. The summed E-state index contributed by atoms with van der Waals surface area (Å²) in [5, 5.41) is 4.31. The van der Waals surface area contributed by atoms with Crippen LogP contribution in [0.25, 0.3) is 0 Å². The van der Waals surface area contributed by atoms with Crippen molar-refractivity contribution in [2.24, 2.45) is 5.92 Å². The van der Waals surface area contributed by atoms with Crippen molar-refractivity contribution >= 4 is 17.3 Å². The van der Waals surface area contributed by atoms with Gasteiger partial charge in [0, 0.05) is 0 Å². The van der Waals surface area contributed by atoms with Gasteiger partial charge in [0.05, 0.1) is 16.8 Å². The predicted molar refractivity (Wildman–Crippen MR) is 70.9 cm³/mol. The number of hydrogen-bond donors (Lipinski definition) is 1. The Balaban J connectivity index is 1.85. The van der Waals surface area contributed by atoms with Crippen LogP contribution in [0.3, 0.4) is 0 Å². The zero-order valence-electron chi connectivity index (χ0n) is 10.1. The molecule has 0 radical (unpaired) electrons. The topological polar surface area (TPSA) is 21.3 Å². The molecular formula is C14H18ClNO. The second-order valence-corrected chi connectivity index (χ2v) is 5.52. The van der Waals surface area contributed by atoms with E-state index in [0.717, 1.165) is 23.8 Å². The largest absolute Gasteiger partial charge is 0.485 e. The molecule has 1 aromatic carbocycles. The molecule has 0 amide bonds. The predicted octanol–water partition coefficient (Wildman–Crippen LogP) is 4.09. The van der Waals surface area contributed by atoms with Gasteiger partial charge in [-0.15, -0.1) is 0 Å². The summed E-state index contributed by atoms with van der Waals surface area (Å²) in [6, 6.07) is 6.37. The van der Waals surface area contributed by atoms with E-state index in [-0.39, 0.29) is 0 Å². The van der Waals surface area contributed by atoms with Gasteiger partial charge in [-0.05, 0) is 37.3 Å². The summed E-state index contributed by atoms with van der Waals surface area (Å²) in [6.45, 7) is 2.28. The highest BCUT2D eigenvalue weighted by molar-refractivity contribution is 6.32. The van der Waals surface area contributed by atoms with Gasteiger partial charge in [0.15, 0.2) is 5.75 Å². The van der Waals surface area contributed by atoms with Gasteiger partial charge in [0.2, 0.25) is 0 Å². The number of rotatable bonds is 1. The van der Waals surface area contributed by atoms with Crippen LogP contribution >= 0.6 is 11.6 Å². The van der Waals surface area contributed by atoms with Crippen LogP contribution in [0.15, 0.2) is 18.2 Å². The summed E-state index contributed by atoms with van der Waals surface area (Å²) >= 11 is 6.16. The normalized spacial score (nSPS) is 30.8. The van der Waals surface area contributed by atoms with Crippen LogP contribution in [-0.4, -0.2) is 12.1 Å². The summed E-state index contributed by atoms with van der Waals surface area (Å²) in [6.07, 6.45) is 5.20. The monoisotopic (exact) mass is 251 g/mol. The van der Waals surface area contributed by atoms with E-state index >= 15 is 0 Å². The lowest BCUT2D eigenvalue weighted by Crippen LogP contribution is -2.45. The maximum atomic E-state index is 6.16. The smallest absolute Gasteiger partial charge is 0.161 e. The Morgan fingerprint density at radius 1 is 1.41 bits per heavy atom. The Morgan fingerprint density at radius 3 is 3.12 bits per heavy atom. The van der Waals surface area contributed by atoms with E-state index in [2.05, 4.69) is 12.2 Å². The molecule has 92 valence electrons. The number of hydrogen-bond acceptors (Lipinski definition) is 2. The quantitative estimate of drug-likeness (QED) is 0.812. The molecule has 0 spiro atoms. The minimum atomic E-state index is 0.296. The lowest BCUT2D eigenvalue weighted by molar-refractivity contribution is 0.107. The molecule has 3 atom stereocenters. The lowest BCUT2D eigenvalue weighted by atomic mass is 9.81. The summed E-state index contributed by atoms with van der Waals surface area (Å²) in [5.41, 5.74) is 1.05. The zero-order valence-corrected chi connectivity index (χ0v) is 10.8. The average Bonchev–Trinajstić information content (AvgIpc) is 2.36. The van der Waals surface area contributed by atoms with Gasteiger partial charge in [-0.1, -0.05) is 31.0 Å². The highest BCUT2D eigenvalue weighted by Crippen LogP contribution is 2.42. The summed E-state index contributed by atoms with van der Waals surface area (Å²) in [4.78, 5) is 0. The third-order valence-corrected chi connectivity index (χ3v) is 4.35. The number of ether oxygens (including phenoxy) is 1. The summed E-state index contributed by atoms with van der Waals surface area (Å²) in [7, 11) is 0. The molecule has 2 aliphatic rings. The van der Waals surface area contributed by atoms with Gasteiger partial charge >= 0.3 is 0 Å². The van der Waals surface area contributed by atoms with E-state index in [4.69, 9.17) is 16.3 Å². The van der Waals surface area contributed by atoms with E-state index in [9.17, 15) is 0 Å². The minimum absolute atomic E-state index is 0.296. The van der Waals surface area contributed by atoms with Crippen LogP contribution in [0, 0.1) is 5.92 Å². The number of nitrogens with one attached hydrogen (secondary N) is 1. The molecule has 17 heavy (non-hydrogen) atoms. The van der Waals surface area contributed by atoms with Gasteiger partial charge in [0.1, 0.15) is 6.10 Å². The number of halogens is 1. The van der Waals surface area contributed by atoms with E-state index < -0.39 is 0 Å². The lowest BCUT2D eigenvalue weighted by Gasteiger charge is -2.41. The molecule has 0 bridgehead atoms. The number of benzene rings is 1. The molecule has 1 aromatic rings. The molecule has 1 aliphatic heterocycles. The first-order valence-electron chi connectivity index (χ1n) is 6.49. The van der Waals surface area contributed by atoms with Gasteiger partial charge < -0.3 is 10.1 Å². The van der Waals surface area contributed by atoms with Crippen LogP contribution in [0.4, 0.5) is 5.69 Å². The number of para-hydroxylation sites is 1. The fourth-order valence-corrected chi connectivity index (χ4v) is 3.21. The molecule has 1 N–H and O–H groups in total. The Hall–Kier alpha value is -0.890. The molecule has 3 heteroatoms. The van der Waals surface area contributed by atoms with Crippen molar-refractivity contribution in [1.82, 2.24) is 0 Å². The van der Waals surface area contributed by atoms with Crippen molar-refractivity contribution in [2.75, 3.05) is 5.32 Å². The Labute approximate surface area is 107 Å². The van der Waals surface area contributed by atoms with Crippen molar-refractivity contribution in [3.63, 3.8) is 0 Å². The van der Waals surface area contributed by atoms with E-state index in [0.29, 0.717) is 17.2 Å². The molecule has 1 saturated carbocycles. The van der Waals surface area contributed by atoms with Crippen LogP contribution in [-0.2, 0) is 0 Å². The fourth-order valence-electron chi connectivity index (χ4n) is 2.99. The molecule has 0 saturated heterocycles. The van der Waals surface area contributed by atoms with Crippen molar-refractivity contribution in [3.8, 4) is 5.75 Å². The number of anilines is 1. The molecular weight excluding hydrogens is 234 g/mol. The Bertz CT molecular complexity index is 421. The average molecular weight is 252 g/mol. The first kappa shape index (κ1) is 11.2. The Kier molecular flexibility index (Phi) is 2.91. The third kappa shape index (κ3) is 1.99. The highest BCUT2D eigenvalue weighted by Gasteiger charge is 2.35. The molecule has 1 heterocycles. The van der Waals surface area contributed by atoms with Gasteiger partial charge in [-0.25, -0.2) is 0 Å². The van der Waals surface area contributed by atoms with Crippen molar-refractivity contribution < 1.29 is 4.74 Å². The van der Waals surface area contributed by atoms with E-state index in [1.165, 1.54) is 19.3 Å². The summed E-state index contributed by atoms with van der Waals surface area (Å²) < 4.78 is 6.07. The highest BCUT2D eigenvalue weighted by atomic mass is 35.5. The van der Waals surface area contributed by atoms with Gasteiger partial charge in [-0.2, -0.15) is 0 Å². The number of fused-ring (bicyclic) bond motifs is 2. The van der Waals surface area contributed by atoms with Gasteiger partial charge in [0.25, 0.3) is 0 Å². The first-order chi connectivity index (χ1) is 8.28. The zero-order chi connectivity index (χ0) is 11.8.